The first-order valence-electron chi connectivity index (χ1n) is 9.37. The Morgan fingerprint density at radius 3 is 2.43 bits per heavy atom. The van der Waals surface area contributed by atoms with Gasteiger partial charge >= 0.3 is 6.18 Å². The Balaban J connectivity index is 1.65. The summed E-state index contributed by atoms with van der Waals surface area (Å²) in [6.45, 7) is -0.0870. The average Bonchev–Trinajstić information content (AvgIpc) is 3.27. The largest absolute Gasteiger partial charge is 0.468 e. The maximum absolute atomic E-state index is 13.2. The fourth-order valence-electron chi connectivity index (χ4n) is 3.33. The van der Waals surface area contributed by atoms with Gasteiger partial charge in [-0.1, -0.05) is 0 Å². The zero-order chi connectivity index (χ0) is 21.5. The number of hydrogen-bond acceptors (Lipinski definition) is 4. The summed E-state index contributed by atoms with van der Waals surface area (Å²) in [7, 11) is -2.27. The number of rotatable bonds is 7. The fraction of sp³-hybridized carbons (Fsp3) is 0.350. The topological polar surface area (TPSA) is 68.3 Å². The molecule has 0 aliphatic heterocycles. The molecule has 160 valence electrons. The molecule has 1 saturated carbocycles. The van der Waals surface area contributed by atoms with Crippen molar-refractivity contribution >= 4 is 10.0 Å². The minimum atomic E-state index is -4.54. The third kappa shape index (κ3) is 4.29. The Labute approximate surface area is 172 Å². The van der Waals surface area contributed by atoms with Crippen LogP contribution in [0.4, 0.5) is 13.2 Å². The first-order valence-corrected chi connectivity index (χ1v) is 10.8. The van der Waals surface area contributed by atoms with Crippen LogP contribution in [0.25, 0.3) is 0 Å². The minimum Gasteiger partial charge on any atom is -0.468 e. The van der Waals surface area contributed by atoms with Crippen molar-refractivity contribution in [3.63, 3.8) is 0 Å². The minimum absolute atomic E-state index is 0.0232. The van der Waals surface area contributed by atoms with E-state index in [4.69, 9.17) is 4.42 Å². The molecule has 0 saturated heterocycles. The smallest absolute Gasteiger partial charge is 0.416 e. The quantitative estimate of drug-likeness (QED) is 0.551. The van der Waals surface area contributed by atoms with Gasteiger partial charge in [0.15, 0.2) is 0 Å². The van der Waals surface area contributed by atoms with Crippen LogP contribution in [0.15, 0.2) is 58.0 Å². The summed E-state index contributed by atoms with van der Waals surface area (Å²) in [5.74, 6) is 0.866. The van der Waals surface area contributed by atoms with E-state index in [2.05, 4.69) is 5.10 Å². The molecular weight excluding hydrogens is 419 g/mol. The summed E-state index contributed by atoms with van der Waals surface area (Å²) < 4.78 is 73.2. The maximum atomic E-state index is 13.2. The Morgan fingerprint density at radius 1 is 1.17 bits per heavy atom. The number of aryl methyl sites for hydroxylation is 1. The lowest BCUT2D eigenvalue weighted by Gasteiger charge is -2.20. The van der Waals surface area contributed by atoms with Crippen LogP contribution in [0, 0.1) is 0 Å². The summed E-state index contributed by atoms with van der Waals surface area (Å²) in [6, 6.07) is 8.65. The average molecular weight is 439 g/mol. The first-order chi connectivity index (χ1) is 14.1. The molecule has 2 heterocycles. The Hall–Kier alpha value is -2.59. The van der Waals surface area contributed by atoms with Gasteiger partial charge in [-0.25, -0.2) is 8.42 Å². The molecule has 0 bridgehead atoms. The molecular formula is C20H20F3N3O3S. The second kappa shape index (κ2) is 7.59. The van der Waals surface area contributed by atoms with Crippen molar-refractivity contribution in [3.05, 3.63) is 71.4 Å². The van der Waals surface area contributed by atoms with Gasteiger partial charge in [-0.2, -0.15) is 22.6 Å². The zero-order valence-corrected chi connectivity index (χ0v) is 16.9. The predicted molar refractivity (Wildman–Crippen MR) is 102 cm³/mol. The molecule has 1 fully saturated rings. The summed E-state index contributed by atoms with van der Waals surface area (Å²) >= 11 is 0. The van der Waals surface area contributed by atoms with E-state index < -0.39 is 21.8 Å². The summed E-state index contributed by atoms with van der Waals surface area (Å²) in [5.41, 5.74) is 0.717. The van der Waals surface area contributed by atoms with Crippen LogP contribution in [0.1, 0.15) is 41.5 Å². The van der Waals surface area contributed by atoms with E-state index >= 15 is 0 Å². The second-order valence-electron chi connectivity index (χ2n) is 7.33. The third-order valence-corrected chi connectivity index (χ3v) is 6.84. The number of alkyl halides is 3. The molecule has 0 amide bonds. The Bertz CT molecular complexity index is 1120. The summed E-state index contributed by atoms with van der Waals surface area (Å²) in [6.07, 6.45) is -0.939. The van der Waals surface area contributed by atoms with E-state index in [0.29, 0.717) is 17.4 Å². The molecule has 6 nitrogen and oxygen atoms in total. The molecule has 0 radical (unpaired) electrons. The summed E-state index contributed by atoms with van der Waals surface area (Å²) in [4.78, 5) is -0.222. The number of sulfonamides is 1. The van der Waals surface area contributed by atoms with E-state index in [1.165, 1.54) is 6.26 Å². The fourth-order valence-corrected chi connectivity index (χ4v) is 4.71. The van der Waals surface area contributed by atoms with Crippen LogP contribution < -0.4 is 0 Å². The van der Waals surface area contributed by atoms with Crippen molar-refractivity contribution in [3.8, 4) is 0 Å². The number of aromatic nitrogens is 2. The third-order valence-electron chi connectivity index (χ3n) is 5.03. The highest BCUT2D eigenvalue weighted by Crippen LogP contribution is 2.40. The molecule has 1 aliphatic rings. The number of hydrogen-bond donors (Lipinski definition) is 0. The molecule has 0 unspecified atom stereocenters. The van der Waals surface area contributed by atoms with Gasteiger partial charge in [-0.05, 0) is 55.3 Å². The molecule has 2 aromatic heterocycles. The number of nitrogens with zero attached hydrogens (tertiary/aromatic N) is 3. The van der Waals surface area contributed by atoms with Crippen molar-refractivity contribution in [2.24, 2.45) is 7.05 Å². The number of benzene rings is 1. The molecule has 1 aromatic carbocycles. The lowest BCUT2D eigenvalue weighted by molar-refractivity contribution is -0.137. The first kappa shape index (κ1) is 20.7. The van der Waals surface area contributed by atoms with Crippen LogP contribution in [0.3, 0.4) is 0 Å². The van der Waals surface area contributed by atoms with Crippen molar-refractivity contribution in [1.82, 2.24) is 14.1 Å². The molecule has 3 aromatic rings. The lowest BCUT2D eigenvalue weighted by atomic mass is 10.2. The van der Waals surface area contributed by atoms with E-state index in [0.717, 1.165) is 47.1 Å². The van der Waals surface area contributed by atoms with Crippen molar-refractivity contribution in [2.75, 3.05) is 0 Å². The highest BCUT2D eigenvalue weighted by molar-refractivity contribution is 7.89. The molecule has 4 rings (SSSR count). The van der Waals surface area contributed by atoms with Crippen LogP contribution in [-0.2, 0) is 36.3 Å². The Morgan fingerprint density at radius 2 is 1.87 bits per heavy atom. The van der Waals surface area contributed by atoms with E-state index in [9.17, 15) is 21.6 Å². The SMILES string of the molecule is Cn1nc(CN(Cc2ccco2)S(=O)(=O)c2ccc(C(F)(F)F)cc2)cc1C1CC1. The van der Waals surface area contributed by atoms with Gasteiger partial charge in [-0.3, -0.25) is 4.68 Å². The Kier molecular flexibility index (Phi) is 5.23. The zero-order valence-electron chi connectivity index (χ0n) is 16.1. The number of halogens is 3. The van der Waals surface area contributed by atoms with Gasteiger partial charge in [0.25, 0.3) is 0 Å². The van der Waals surface area contributed by atoms with Gasteiger partial charge in [0.2, 0.25) is 10.0 Å². The van der Waals surface area contributed by atoms with Crippen LogP contribution in [0.2, 0.25) is 0 Å². The molecule has 1 aliphatic carbocycles. The molecule has 0 spiro atoms. The van der Waals surface area contributed by atoms with Gasteiger partial charge in [0.05, 0.1) is 35.5 Å². The van der Waals surface area contributed by atoms with Crippen molar-refractivity contribution in [2.45, 2.75) is 42.9 Å². The van der Waals surface area contributed by atoms with E-state index in [-0.39, 0.29) is 18.0 Å². The van der Waals surface area contributed by atoms with Gasteiger partial charge in [0.1, 0.15) is 5.76 Å². The van der Waals surface area contributed by atoms with E-state index in [1.807, 2.05) is 13.1 Å². The number of furan rings is 1. The molecule has 0 atom stereocenters. The van der Waals surface area contributed by atoms with Crippen LogP contribution >= 0.6 is 0 Å². The highest BCUT2D eigenvalue weighted by Gasteiger charge is 2.33. The lowest BCUT2D eigenvalue weighted by Crippen LogP contribution is -2.30. The second-order valence-corrected chi connectivity index (χ2v) is 9.27. The highest BCUT2D eigenvalue weighted by atomic mass is 32.2. The monoisotopic (exact) mass is 439 g/mol. The van der Waals surface area contributed by atoms with Crippen LogP contribution in [-0.4, -0.2) is 22.5 Å². The maximum Gasteiger partial charge on any atom is 0.416 e. The molecule has 0 N–H and O–H groups in total. The van der Waals surface area contributed by atoms with E-state index in [1.54, 1.807) is 16.8 Å². The predicted octanol–water partition coefficient (Wildman–Crippen LogP) is 4.30. The van der Waals surface area contributed by atoms with Gasteiger partial charge in [0, 0.05) is 18.7 Å². The van der Waals surface area contributed by atoms with Crippen molar-refractivity contribution in [1.29, 1.82) is 0 Å². The molecule has 30 heavy (non-hydrogen) atoms. The standard InChI is InChI=1S/C20H20F3N3O3S/c1-25-19(14-4-5-14)11-16(24-25)12-26(13-17-3-2-10-29-17)30(27,28)18-8-6-15(7-9-18)20(21,22)23/h2-3,6-11,14H,4-5,12-13H2,1H3. The summed E-state index contributed by atoms with van der Waals surface area (Å²) in [5, 5.41) is 4.43. The molecule has 10 heteroatoms. The van der Waals surface area contributed by atoms with Gasteiger partial charge in [-0.15, -0.1) is 0 Å². The van der Waals surface area contributed by atoms with Crippen LogP contribution in [0.5, 0.6) is 0 Å². The normalized spacial score (nSPS) is 15.1. The van der Waals surface area contributed by atoms with Gasteiger partial charge < -0.3 is 4.42 Å². The van der Waals surface area contributed by atoms with Crippen molar-refractivity contribution < 1.29 is 26.0 Å².